The minimum absolute atomic E-state index is 0.0672. The normalized spacial score (nSPS) is 10.5. The SMILES string of the molecule is CCOc1cc(OCC)c2ccccc2c1CC(=O)O. The van der Waals surface area contributed by atoms with Crippen molar-refractivity contribution in [3.63, 3.8) is 0 Å². The van der Waals surface area contributed by atoms with Gasteiger partial charge < -0.3 is 14.6 Å². The summed E-state index contributed by atoms with van der Waals surface area (Å²) in [6.07, 6.45) is -0.0672. The molecule has 0 spiro atoms. The van der Waals surface area contributed by atoms with E-state index in [0.717, 1.165) is 16.5 Å². The van der Waals surface area contributed by atoms with Crippen molar-refractivity contribution in [2.24, 2.45) is 0 Å². The van der Waals surface area contributed by atoms with Gasteiger partial charge in [-0.25, -0.2) is 0 Å². The number of hydrogen-bond donors (Lipinski definition) is 1. The van der Waals surface area contributed by atoms with Crippen molar-refractivity contribution in [1.29, 1.82) is 0 Å². The van der Waals surface area contributed by atoms with E-state index in [1.807, 2.05) is 38.1 Å². The van der Waals surface area contributed by atoms with Gasteiger partial charge in [-0.2, -0.15) is 0 Å². The van der Waals surface area contributed by atoms with E-state index in [4.69, 9.17) is 14.6 Å². The summed E-state index contributed by atoms with van der Waals surface area (Å²) in [6.45, 7) is 4.82. The van der Waals surface area contributed by atoms with Gasteiger partial charge in [0.2, 0.25) is 0 Å². The number of aliphatic carboxylic acids is 1. The molecule has 106 valence electrons. The van der Waals surface area contributed by atoms with Crippen LogP contribution in [0.25, 0.3) is 10.8 Å². The van der Waals surface area contributed by atoms with Crippen molar-refractivity contribution in [1.82, 2.24) is 0 Å². The second-order valence-electron chi connectivity index (χ2n) is 4.33. The Morgan fingerprint density at radius 2 is 1.65 bits per heavy atom. The van der Waals surface area contributed by atoms with Gasteiger partial charge in [0.1, 0.15) is 11.5 Å². The van der Waals surface area contributed by atoms with Crippen molar-refractivity contribution in [3.8, 4) is 11.5 Å². The topological polar surface area (TPSA) is 55.8 Å². The van der Waals surface area contributed by atoms with Gasteiger partial charge in [0, 0.05) is 17.0 Å². The summed E-state index contributed by atoms with van der Waals surface area (Å²) in [5.41, 5.74) is 0.693. The first kappa shape index (κ1) is 14.2. The average molecular weight is 274 g/mol. The number of fused-ring (bicyclic) bond motifs is 1. The quantitative estimate of drug-likeness (QED) is 0.878. The van der Waals surface area contributed by atoms with Gasteiger partial charge in [-0.15, -0.1) is 0 Å². The molecule has 0 fully saturated rings. The fraction of sp³-hybridized carbons (Fsp3) is 0.312. The van der Waals surface area contributed by atoms with Crippen LogP contribution in [0.15, 0.2) is 30.3 Å². The van der Waals surface area contributed by atoms with E-state index in [2.05, 4.69) is 0 Å². The molecule has 0 aliphatic carbocycles. The fourth-order valence-electron chi connectivity index (χ4n) is 2.27. The van der Waals surface area contributed by atoms with Crippen molar-refractivity contribution >= 4 is 16.7 Å². The molecule has 4 heteroatoms. The van der Waals surface area contributed by atoms with Crippen LogP contribution in [0.2, 0.25) is 0 Å². The number of ether oxygens (including phenoxy) is 2. The lowest BCUT2D eigenvalue weighted by Crippen LogP contribution is -2.06. The Kier molecular flexibility index (Phi) is 4.45. The average Bonchev–Trinajstić information content (AvgIpc) is 2.43. The molecule has 4 nitrogen and oxygen atoms in total. The monoisotopic (exact) mass is 274 g/mol. The first-order valence-electron chi connectivity index (χ1n) is 6.69. The highest BCUT2D eigenvalue weighted by molar-refractivity contribution is 5.95. The lowest BCUT2D eigenvalue weighted by molar-refractivity contribution is -0.136. The maximum absolute atomic E-state index is 11.1. The van der Waals surface area contributed by atoms with Crippen LogP contribution in [0, 0.1) is 0 Å². The Balaban J connectivity index is 2.69. The van der Waals surface area contributed by atoms with Crippen LogP contribution in [0.3, 0.4) is 0 Å². The molecule has 0 bridgehead atoms. The number of carboxylic acid groups (broad SMARTS) is 1. The molecule has 0 saturated carbocycles. The summed E-state index contributed by atoms with van der Waals surface area (Å²) < 4.78 is 11.2. The molecule has 1 N–H and O–H groups in total. The standard InChI is InChI=1S/C16H18O4/c1-3-19-14-10-15(20-4-2)13(9-16(17)18)11-7-5-6-8-12(11)14/h5-8,10H,3-4,9H2,1-2H3,(H,17,18). The van der Waals surface area contributed by atoms with E-state index in [1.54, 1.807) is 6.07 Å². The Morgan fingerprint density at radius 1 is 1.05 bits per heavy atom. The molecule has 0 amide bonds. The summed E-state index contributed by atoms with van der Waals surface area (Å²) in [4.78, 5) is 11.1. The van der Waals surface area contributed by atoms with Gasteiger partial charge in [-0.05, 0) is 19.2 Å². The molecule has 0 aliphatic rings. The van der Waals surface area contributed by atoms with Crippen LogP contribution in [0.5, 0.6) is 11.5 Å². The maximum atomic E-state index is 11.1. The smallest absolute Gasteiger partial charge is 0.307 e. The summed E-state index contributed by atoms with van der Waals surface area (Å²) in [5, 5.41) is 10.9. The van der Waals surface area contributed by atoms with E-state index in [1.165, 1.54) is 0 Å². The Morgan fingerprint density at radius 3 is 2.25 bits per heavy atom. The molecule has 0 radical (unpaired) electrons. The van der Waals surface area contributed by atoms with Crippen molar-refractivity contribution < 1.29 is 19.4 Å². The molecule has 0 saturated heterocycles. The van der Waals surface area contributed by atoms with Gasteiger partial charge in [0.05, 0.1) is 19.6 Å². The van der Waals surface area contributed by atoms with Gasteiger partial charge in [-0.1, -0.05) is 24.3 Å². The molecule has 0 unspecified atom stereocenters. The summed E-state index contributed by atoms with van der Waals surface area (Å²) in [5.74, 6) is 0.429. The third-order valence-corrected chi connectivity index (χ3v) is 3.00. The molecule has 0 aromatic heterocycles. The summed E-state index contributed by atoms with van der Waals surface area (Å²) in [6, 6.07) is 9.42. The molecular formula is C16H18O4. The third kappa shape index (κ3) is 2.85. The number of carbonyl (C=O) groups is 1. The summed E-state index contributed by atoms with van der Waals surface area (Å²) >= 11 is 0. The molecule has 0 heterocycles. The summed E-state index contributed by atoms with van der Waals surface area (Å²) in [7, 11) is 0. The van der Waals surface area contributed by atoms with Crippen LogP contribution in [0.4, 0.5) is 0 Å². The highest BCUT2D eigenvalue weighted by Gasteiger charge is 2.16. The van der Waals surface area contributed by atoms with E-state index < -0.39 is 5.97 Å². The highest BCUT2D eigenvalue weighted by Crippen LogP contribution is 2.36. The number of rotatable bonds is 6. The van der Waals surface area contributed by atoms with Gasteiger partial charge >= 0.3 is 5.97 Å². The maximum Gasteiger partial charge on any atom is 0.307 e. The molecule has 2 rings (SSSR count). The number of hydrogen-bond acceptors (Lipinski definition) is 3. The second kappa shape index (κ2) is 6.28. The predicted octanol–water partition coefficient (Wildman–Crippen LogP) is 3.26. The number of benzene rings is 2. The Bertz CT molecular complexity index is 619. The zero-order valence-electron chi connectivity index (χ0n) is 11.7. The predicted molar refractivity (Wildman–Crippen MR) is 77.6 cm³/mol. The minimum Gasteiger partial charge on any atom is -0.493 e. The van der Waals surface area contributed by atoms with Crippen LogP contribution in [0.1, 0.15) is 19.4 Å². The second-order valence-corrected chi connectivity index (χ2v) is 4.33. The van der Waals surface area contributed by atoms with Crippen LogP contribution in [-0.2, 0) is 11.2 Å². The molecule has 20 heavy (non-hydrogen) atoms. The van der Waals surface area contributed by atoms with E-state index in [0.29, 0.717) is 24.5 Å². The van der Waals surface area contributed by atoms with Crippen molar-refractivity contribution in [2.75, 3.05) is 13.2 Å². The first-order valence-corrected chi connectivity index (χ1v) is 6.69. The first-order chi connectivity index (χ1) is 9.67. The Hall–Kier alpha value is -2.23. The Labute approximate surface area is 117 Å². The van der Waals surface area contributed by atoms with Gasteiger partial charge in [0.25, 0.3) is 0 Å². The zero-order valence-corrected chi connectivity index (χ0v) is 11.7. The fourth-order valence-corrected chi connectivity index (χ4v) is 2.27. The molecule has 2 aromatic rings. The lowest BCUT2D eigenvalue weighted by Gasteiger charge is -2.16. The molecule has 0 aliphatic heterocycles. The van der Waals surface area contributed by atoms with Crippen LogP contribution < -0.4 is 9.47 Å². The minimum atomic E-state index is -0.875. The highest BCUT2D eigenvalue weighted by atomic mass is 16.5. The molecule has 0 atom stereocenters. The van der Waals surface area contributed by atoms with Crippen molar-refractivity contribution in [3.05, 3.63) is 35.9 Å². The number of carboxylic acids is 1. The van der Waals surface area contributed by atoms with Crippen LogP contribution >= 0.6 is 0 Å². The van der Waals surface area contributed by atoms with E-state index in [-0.39, 0.29) is 6.42 Å². The largest absolute Gasteiger partial charge is 0.493 e. The zero-order chi connectivity index (χ0) is 14.5. The van der Waals surface area contributed by atoms with Gasteiger partial charge in [0.15, 0.2) is 0 Å². The molecular weight excluding hydrogens is 256 g/mol. The van der Waals surface area contributed by atoms with E-state index in [9.17, 15) is 4.79 Å². The lowest BCUT2D eigenvalue weighted by atomic mass is 10.00. The van der Waals surface area contributed by atoms with Gasteiger partial charge in [-0.3, -0.25) is 4.79 Å². The van der Waals surface area contributed by atoms with E-state index >= 15 is 0 Å². The molecule has 2 aromatic carbocycles. The third-order valence-electron chi connectivity index (χ3n) is 3.00. The van der Waals surface area contributed by atoms with Crippen molar-refractivity contribution in [2.45, 2.75) is 20.3 Å². The van der Waals surface area contributed by atoms with Crippen LogP contribution in [-0.4, -0.2) is 24.3 Å².